The Bertz CT molecular complexity index is 677. The molecule has 4 heteroatoms. The minimum Gasteiger partial charge on any atom is -0.305 e. The first kappa shape index (κ1) is 25.0. The average Bonchev–Trinajstić information content (AvgIpc) is 2.56. The monoisotopic (exact) mass is 418 g/mol. The third-order valence-electron chi connectivity index (χ3n) is 7.57. The van der Waals surface area contributed by atoms with Gasteiger partial charge in [0.1, 0.15) is 27.0 Å². The number of carbonyl (C=O) groups excluding carboxylic acids is 2. The van der Waals surface area contributed by atoms with Gasteiger partial charge in [0.2, 0.25) is 0 Å². The summed E-state index contributed by atoms with van der Waals surface area (Å²) in [6, 6.07) is 10.3. The molecule has 0 spiro atoms. The van der Waals surface area contributed by atoms with E-state index in [1.807, 2.05) is 18.2 Å². The number of hydrogen-bond donors (Lipinski definition) is 0. The van der Waals surface area contributed by atoms with Crippen LogP contribution in [-0.4, -0.2) is 27.0 Å². The molecule has 0 radical (unpaired) electrons. The van der Waals surface area contributed by atoms with Gasteiger partial charge < -0.3 is 9.59 Å². The summed E-state index contributed by atoms with van der Waals surface area (Å²) in [6.07, 6.45) is 1.92. The fourth-order valence-corrected chi connectivity index (χ4v) is 6.24. The maximum absolute atomic E-state index is 13.3. The molecule has 1 atom stereocenters. The number of carbonyl (C=O) groups is 2. The fourth-order valence-electron chi connectivity index (χ4n) is 3.05. The Hall–Kier alpha value is -1.01. The van der Waals surface area contributed by atoms with Crippen molar-refractivity contribution in [1.82, 2.24) is 0 Å². The molecule has 0 fully saturated rings. The van der Waals surface area contributed by atoms with Gasteiger partial charge in [-0.2, -0.15) is 0 Å². The number of benzene rings is 1. The highest BCUT2D eigenvalue weighted by Crippen LogP contribution is 2.40. The molecule has 1 aromatic rings. The van der Waals surface area contributed by atoms with Gasteiger partial charge in [-0.25, -0.2) is 0 Å². The second-order valence-corrected chi connectivity index (χ2v) is 22.1. The van der Waals surface area contributed by atoms with Crippen molar-refractivity contribution in [3.8, 4) is 0 Å². The van der Waals surface area contributed by atoms with Gasteiger partial charge in [0, 0.05) is 12.8 Å². The molecule has 1 rings (SSSR count). The third kappa shape index (κ3) is 5.76. The Kier molecular flexibility index (Phi) is 7.85. The van der Waals surface area contributed by atoms with E-state index in [9.17, 15) is 9.59 Å². The van der Waals surface area contributed by atoms with Crippen LogP contribution in [0.25, 0.3) is 0 Å². The molecule has 0 saturated carbocycles. The molecule has 0 amide bonds. The lowest BCUT2D eigenvalue weighted by molar-refractivity contribution is -0.115. The predicted octanol–water partition coefficient (Wildman–Crippen LogP) is 7.17. The predicted molar refractivity (Wildman–Crippen MR) is 127 cm³/mol. The number of rotatable bonds is 8. The summed E-state index contributed by atoms with van der Waals surface area (Å²) in [5, 5.41) is 0.959. The molecule has 0 aliphatic carbocycles. The molecule has 0 aliphatic heterocycles. The molecule has 158 valence electrons. The summed E-state index contributed by atoms with van der Waals surface area (Å²) < 4.78 is 0. The molecule has 0 N–H and O–H groups in total. The molecule has 2 nitrogen and oxygen atoms in total. The molecule has 1 unspecified atom stereocenters. The van der Waals surface area contributed by atoms with E-state index in [-0.39, 0.29) is 16.0 Å². The second kappa shape index (κ2) is 8.78. The minimum absolute atomic E-state index is 0.0439. The van der Waals surface area contributed by atoms with E-state index in [2.05, 4.69) is 79.9 Å². The van der Waals surface area contributed by atoms with Crippen LogP contribution >= 0.6 is 0 Å². The van der Waals surface area contributed by atoms with Crippen LogP contribution < -0.4 is 0 Å². The summed E-state index contributed by atoms with van der Waals surface area (Å²) in [5.41, 5.74) is 1.19. The molecular weight excluding hydrogens is 376 g/mol. The Balaban J connectivity index is 3.04. The quantitative estimate of drug-likeness (QED) is 0.419. The molecule has 0 bridgehead atoms. The van der Waals surface area contributed by atoms with E-state index in [0.717, 1.165) is 6.42 Å². The maximum Gasteiger partial charge on any atom is 0.132 e. The lowest BCUT2D eigenvalue weighted by Gasteiger charge is -2.37. The Morgan fingerprint density at radius 3 is 1.64 bits per heavy atom. The van der Waals surface area contributed by atoms with Gasteiger partial charge in [-0.3, -0.25) is 0 Å². The van der Waals surface area contributed by atoms with Crippen LogP contribution in [0.2, 0.25) is 36.3 Å². The van der Waals surface area contributed by atoms with Crippen LogP contribution in [0.5, 0.6) is 0 Å². The Labute approximate surface area is 175 Å². The van der Waals surface area contributed by atoms with Gasteiger partial charge in [0.05, 0.1) is 0 Å². The zero-order chi connectivity index (χ0) is 22.0. The van der Waals surface area contributed by atoms with Crippen molar-refractivity contribution in [3.63, 3.8) is 0 Å². The van der Waals surface area contributed by atoms with E-state index < -0.39 is 16.1 Å². The van der Waals surface area contributed by atoms with Crippen LogP contribution in [0.1, 0.15) is 72.3 Å². The van der Waals surface area contributed by atoms with Crippen molar-refractivity contribution >= 4 is 27.0 Å². The van der Waals surface area contributed by atoms with Crippen LogP contribution in [0.3, 0.4) is 0 Å². The summed E-state index contributed by atoms with van der Waals surface area (Å²) >= 11 is 0. The third-order valence-corrected chi connectivity index (χ3v) is 18.3. The summed E-state index contributed by atoms with van der Waals surface area (Å²) in [6.45, 7) is 21.9. The zero-order valence-electron chi connectivity index (χ0n) is 19.9. The van der Waals surface area contributed by atoms with Crippen LogP contribution in [0.4, 0.5) is 0 Å². The van der Waals surface area contributed by atoms with Gasteiger partial charge in [-0.15, -0.1) is 0 Å². The van der Waals surface area contributed by atoms with Crippen molar-refractivity contribution in [3.05, 3.63) is 35.9 Å². The maximum atomic E-state index is 13.3. The van der Waals surface area contributed by atoms with Gasteiger partial charge in [0.25, 0.3) is 0 Å². The van der Waals surface area contributed by atoms with Crippen LogP contribution in [0.15, 0.2) is 30.3 Å². The van der Waals surface area contributed by atoms with Crippen molar-refractivity contribution < 1.29 is 9.59 Å². The summed E-state index contributed by atoms with van der Waals surface area (Å²) in [5.74, 6) is 0.136. The van der Waals surface area contributed by atoms with Crippen molar-refractivity contribution in [2.75, 3.05) is 0 Å². The largest absolute Gasteiger partial charge is 0.305 e. The Morgan fingerprint density at radius 2 is 1.21 bits per heavy atom. The highest BCUT2D eigenvalue weighted by atomic mass is 28.3. The summed E-state index contributed by atoms with van der Waals surface area (Å²) in [7, 11) is -4.04. The molecule has 1 aromatic carbocycles. The molecule has 28 heavy (non-hydrogen) atoms. The highest BCUT2D eigenvalue weighted by molar-refractivity contribution is 7.06. The topological polar surface area (TPSA) is 34.1 Å². The highest BCUT2D eigenvalue weighted by Gasteiger charge is 2.44. The molecule has 0 saturated heterocycles. The smallest absolute Gasteiger partial charge is 0.132 e. The van der Waals surface area contributed by atoms with E-state index >= 15 is 0 Å². The van der Waals surface area contributed by atoms with Crippen molar-refractivity contribution in [2.24, 2.45) is 0 Å². The lowest BCUT2D eigenvalue weighted by Crippen LogP contribution is -2.47. The lowest BCUT2D eigenvalue weighted by atomic mass is 9.92. The first-order chi connectivity index (χ1) is 12.5. The molecule has 0 heterocycles. The number of hydrogen-bond acceptors (Lipinski definition) is 2. The Morgan fingerprint density at radius 1 is 0.786 bits per heavy atom. The molecule has 0 aromatic heterocycles. The van der Waals surface area contributed by atoms with E-state index in [0.29, 0.717) is 23.7 Å². The minimum atomic E-state index is -2.04. The van der Waals surface area contributed by atoms with E-state index in [1.54, 1.807) is 0 Å². The van der Waals surface area contributed by atoms with Gasteiger partial charge in [0.15, 0.2) is 0 Å². The first-order valence-electron chi connectivity index (χ1n) is 10.6. The first-order valence-corrected chi connectivity index (χ1v) is 16.6. The van der Waals surface area contributed by atoms with Gasteiger partial charge in [-0.05, 0) is 28.0 Å². The van der Waals surface area contributed by atoms with Crippen molar-refractivity contribution in [2.45, 2.75) is 103 Å². The van der Waals surface area contributed by atoms with E-state index in [4.69, 9.17) is 0 Å². The standard InChI is InChI=1S/C24H42O2Si2/c1-23(2,3)27(7,8)21(25)17-16-20(19-14-12-11-13-15-19)18-22(26)28(9,10)24(4,5)6/h11-15,20H,16-18H2,1-10H3. The SMILES string of the molecule is CC(C)(C)[Si](C)(C)C(=O)CCC(CC(=O)[Si](C)(C)C(C)(C)C)c1ccccc1. The van der Waals surface area contributed by atoms with E-state index in [1.165, 1.54) is 5.56 Å². The zero-order valence-corrected chi connectivity index (χ0v) is 21.9. The average molecular weight is 419 g/mol. The van der Waals surface area contributed by atoms with Crippen LogP contribution in [-0.2, 0) is 9.59 Å². The van der Waals surface area contributed by atoms with Gasteiger partial charge in [-0.1, -0.05) is 98.1 Å². The summed E-state index contributed by atoms with van der Waals surface area (Å²) in [4.78, 5) is 26.4. The molecular formula is C24H42O2Si2. The molecule has 0 aliphatic rings. The van der Waals surface area contributed by atoms with Gasteiger partial charge >= 0.3 is 0 Å². The van der Waals surface area contributed by atoms with Crippen molar-refractivity contribution in [1.29, 1.82) is 0 Å². The van der Waals surface area contributed by atoms with Crippen LogP contribution in [0, 0.1) is 0 Å². The second-order valence-electron chi connectivity index (χ2n) is 11.4. The fraction of sp³-hybridized carbons (Fsp3) is 0.667. The normalized spacial score (nSPS) is 14.6.